The molecule has 0 aliphatic carbocycles. The van der Waals surface area contributed by atoms with Crippen LogP contribution in [0.25, 0.3) is 0 Å². The second-order valence-corrected chi connectivity index (χ2v) is 1.91. The number of hydrogen-bond acceptors (Lipinski definition) is 3. The third-order valence-electron chi connectivity index (χ3n) is 0.880. The van der Waals surface area contributed by atoms with Gasteiger partial charge >= 0.3 is 0 Å². The minimum atomic E-state index is -0.527. The number of hydrogen-bond donors (Lipinski definition) is 1. The molecular weight excluding hydrogens is 132 g/mol. The zero-order valence-electron chi connectivity index (χ0n) is 6.41. The summed E-state index contributed by atoms with van der Waals surface area (Å²) in [6, 6.07) is 0. The van der Waals surface area contributed by atoms with E-state index >= 15 is 0 Å². The predicted octanol–water partition coefficient (Wildman–Crippen LogP) is 0.544. The standard InChI is InChI=1S/C7H14O3/c1-3-4-10-6-7(8)5-9-2/h3-4,7-8H,5-6H2,1-2H3/b4-3+. The van der Waals surface area contributed by atoms with Gasteiger partial charge in [0.25, 0.3) is 0 Å². The minimum Gasteiger partial charge on any atom is -0.499 e. The predicted molar refractivity (Wildman–Crippen MR) is 38.6 cm³/mol. The number of allylic oxidation sites excluding steroid dienone is 1. The van der Waals surface area contributed by atoms with Crippen LogP contribution >= 0.6 is 0 Å². The van der Waals surface area contributed by atoms with Crippen LogP contribution in [0.2, 0.25) is 0 Å². The second-order valence-electron chi connectivity index (χ2n) is 1.91. The molecule has 0 saturated heterocycles. The fourth-order valence-electron chi connectivity index (χ4n) is 0.503. The Balaban J connectivity index is 3.12. The molecule has 0 aromatic rings. The van der Waals surface area contributed by atoms with Gasteiger partial charge in [-0.3, -0.25) is 0 Å². The van der Waals surface area contributed by atoms with Crippen molar-refractivity contribution in [1.29, 1.82) is 0 Å². The zero-order valence-corrected chi connectivity index (χ0v) is 6.41. The van der Waals surface area contributed by atoms with Crippen LogP contribution in [0.1, 0.15) is 6.92 Å². The summed E-state index contributed by atoms with van der Waals surface area (Å²) >= 11 is 0. The van der Waals surface area contributed by atoms with Gasteiger partial charge in [0.15, 0.2) is 0 Å². The van der Waals surface area contributed by atoms with Gasteiger partial charge < -0.3 is 14.6 Å². The van der Waals surface area contributed by atoms with Gasteiger partial charge in [0, 0.05) is 7.11 Å². The Bertz CT molecular complexity index is 90.9. The lowest BCUT2D eigenvalue weighted by Crippen LogP contribution is -2.19. The molecule has 0 heterocycles. The van der Waals surface area contributed by atoms with E-state index < -0.39 is 6.10 Å². The van der Waals surface area contributed by atoms with Crippen LogP contribution < -0.4 is 0 Å². The molecule has 1 unspecified atom stereocenters. The first-order chi connectivity index (χ1) is 4.81. The highest BCUT2D eigenvalue weighted by molar-refractivity contribution is 4.66. The van der Waals surface area contributed by atoms with Gasteiger partial charge in [-0.1, -0.05) is 6.08 Å². The monoisotopic (exact) mass is 146 g/mol. The molecule has 0 rings (SSSR count). The van der Waals surface area contributed by atoms with Crippen LogP contribution in [0.5, 0.6) is 0 Å². The number of aliphatic hydroxyl groups is 1. The maximum absolute atomic E-state index is 8.99. The Morgan fingerprint density at radius 1 is 1.50 bits per heavy atom. The summed E-state index contributed by atoms with van der Waals surface area (Å²) in [5.74, 6) is 0. The summed E-state index contributed by atoms with van der Waals surface area (Å²) in [7, 11) is 1.54. The smallest absolute Gasteiger partial charge is 0.115 e. The van der Waals surface area contributed by atoms with E-state index in [1.807, 2.05) is 6.92 Å². The quantitative estimate of drug-likeness (QED) is 0.575. The van der Waals surface area contributed by atoms with E-state index in [1.54, 1.807) is 19.4 Å². The molecule has 0 radical (unpaired) electrons. The number of aliphatic hydroxyl groups excluding tert-OH is 1. The van der Waals surface area contributed by atoms with Crippen LogP contribution in [0.15, 0.2) is 12.3 Å². The Hall–Kier alpha value is -0.540. The summed E-state index contributed by atoms with van der Waals surface area (Å²) in [6.07, 6.45) is 2.78. The molecule has 0 aromatic heterocycles. The van der Waals surface area contributed by atoms with E-state index in [0.717, 1.165) is 0 Å². The molecule has 0 amide bonds. The van der Waals surface area contributed by atoms with Gasteiger partial charge in [-0.2, -0.15) is 0 Å². The average Bonchev–Trinajstić information content (AvgIpc) is 1.89. The maximum Gasteiger partial charge on any atom is 0.115 e. The lowest BCUT2D eigenvalue weighted by Gasteiger charge is -2.07. The van der Waals surface area contributed by atoms with Crippen LogP contribution in [-0.4, -0.2) is 31.5 Å². The Labute approximate surface area is 61.3 Å². The van der Waals surface area contributed by atoms with E-state index in [4.69, 9.17) is 9.84 Å². The highest BCUT2D eigenvalue weighted by Gasteiger charge is 2.00. The third-order valence-corrected chi connectivity index (χ3v) is 0.880. The van der Waals surface area contributed by atoms with Gasteiger partial charge in [0.2, 0.25) is 0 Å². The van der Waals surface area contributed by atoms with Gasteiger partial charge in [0.1, 0.15) is 12.7 Å². The van der Waals surface area contributed by atoms with E-state index in [2.05, 4.69) is 4.74 Å². The van der Waals surface area contributed by atoms with Crippen molar-refractivity contribution < 1.29 is 14.6 Å². The van der Waals surface area contributed by atoms with Gasteiger partial charge in [-0.25, -0.2) is 0 Å². The Kier molecular flexibility index (Phi) is 6.22. The molecule has 0 aliphatic rings. The normalized spacial score (nSPS) is 13.9. The number of rotatable bonds is 5. The maximum atomic E-state index is 8.99. The first kappa shape index (κ1) is 9.46. The summed E-state index contributed by atoms with van der Waals surface area (Å²) < 4.78 is 9.57. The average molecular weight is 146 g/mol. The summed E-state index contributed by atoms with van der Waals surface area (Å²) in [5, 5.41) is 8.99. The largest absolute Gasteiger partial charge is 0.499 e. The summed E-state index contributed by atoms with van der Waals surface area (Å²) in [6.45, 7) is 2.46. The molecule has 0 saturated carbocycles. The lowest BCUT2D eigenvalue weighted by molar-refractivity contribution is 0.0203. The van der Waals surface area contributed by atoms with Crippen molar-refractivity contribution in [3.05, 3.63) is 12.3 Å². The third kappa shape index (κ3) is 5.59. The van der Waals surface area contributed by atoms with Crippen LogP contribution in [0.3, 0.4) is 0 Å². The SMILES string of the molecule is C/C=C/OCC(O)COC. The molecule has 0 spiro atoms. The molecule has 0 bridgehead atoms. The molecule has 1 N–H and O–H groups in total. The van der Waals surface area contributed by atoms with E-state index in [9.17, 15) is 0 Å². The van der Waals surface area contributed by atoms with Crippen molar-refractivity contribution in [2.24, 2.45) is 0 Å². The molecule has 1 atom stereocenters. The molecule has 10 heavy (non-hydrogen) atoms. The van der Waals surface area contributed by atoms with Gasteiger partial charge in [0.05, 0.1) is 12.9 Å². The van der Waals surface area contributed by atoms with Gasteiger partial charge in [-0.05, 0) is 6.92 Å². The van der Waals surface area contributed by atoms with Crippen molar-refractivity contribution in [2.45, 2.75) is 13.0 Å². The van der Waals surface area contributed by atoms with Gasteiger partial charge in [-0.15, -0.1) is 0 Å². The second kappa shape index (κ2) is 6.58. The van der Waals surface area contributed by atoms with Crippen molar-refractivity contribution in [2.75, 3.05) is 20.3 Å². The fraction of sp³-hybridized carbons (Fsp3) is 0.714. The lowest BCUT2D eigenvalue weighted by atomic mass is 10.4. The summed E-state index contributed by atoms with van der Waals surface area (Å²) in [4.78, 5) is 0. The molecular formula is C7H14O3. The molecule has 0 aromatic carbocycles. The van der Waals surface area contributed by atoms with Crippen molar-refractivity contribution in [3.63, 3.8) is 0 Å². The Morgan fingerprint density at radius 3 is 2.70 bits per heavy atom. The topological polar surface area (TPSA) is 38.7 Å². The molecule has 0 aliphatic heterocycles. The zero-order chi connectivity index (χ0) is 7.82. The van der Waals surface area contributed by atoms with Crippen LogP contribution in [0.4, 0.5) is 0 Å². The molecule has 3 nitrogen and oxygen atoms in total. The highest BCUT2D eigenvalue weighted by Crippen LogP contribution is 1.86. The molecule has 3 heteroatoms. The number of ether oxygens (including phenoxy) is 2. The highest BCUT2D eigenvalue weighted by atomic mass is 16.5. The molecule has 0 fully saturated rings. The fourth-order valence-corrected chi connectivity index (χ4v) is 0.503. The van der Waals surface area contributed by atoms with Crippen LogP contribution in [0, 0.1) is 0 Å². The van der Waals surface area contributed by atoms with E-state index in [1.165, 1.54) is 0 Å². The number of methoxy groups -OCH3 is 1. The summed E-state index contributed by atoms with van der Waals surface area (Å²) in [5.41, 5.74) is 0. The van der Waals surface area contributed by atoms with E-state index in [0.29, 0.717) is 6.61 Å². The first-order valence-electron chi connectivity index (χ1n) is 3.21. The van der Waals surface area contributed by atoms with Crippen LogP contribution in [-0.2, 0) is 9.47 Å². The van der Waals surface area contributed by atoms with Crippen molar-refractivity contribution >= 4 is 0 Å². The minimum absolute atomic E-state index is 0.290. The first-order valence-corrected chi connectivity index (χ1v) is 3.21. The Morgan fingerprint density at radius 2 is 2.20 bits per heavy atom. The van der Waals surface area contributed by atoms with Crippen molar-refractivity contribution in [1.82, 2.24) is 0 Å². The van der Waals surface area contributed by atoms with E-state index in [-0.39, 0.29) is 6.61 Å². The van der Waals surface area contributed by atoms with Crippen molar-refractivity contribution in [3.8, 4) is 0 Å². The molecule has 60 valence electrons.